The van der Waals surface area contributed by atoms with E-state index in [1.54, 1.807) is 36.0 Å². The lowest BCUT2D eigenvalue weighted by Crippen LogP contribution is -2.45. The van der Waals surface area contributed by atoms with Crippen LogP contribution in [0.4, 0.5) is 5.82 Å². The zero-order valence-corrected chi connectivity index (χ0v) is 21.3. The van der Waals surface area contributed by atoms with Gasteiger partial charge in [0.05, 0.1) is 24.9 Å². The predicted molar refractivity (Wildman–Crippen MR) is 138 cm³/mol. The summed E-state index contributed by atoms with van der Waals surface area (Å²) in [6.45, 7) is 4.46. The zero-order chi connectivity index (χ0) is 22.9. The zero-order valence-electron chi connectivity index (χ0n) is 18.9. The molecule has 0 saturated carbocycles. The van der Waals surface area contributed by atoms with E-state index in [0.29, 0.717) is 29.6 Å². The van der Waals surface area contributed by atoms with Crippen LogP contribution in [0.15, 0.2) is 54.7 Å². The van der Waals surface area contributed by atoms with Gasteiger partial charge in [-0.25, -0.2) is 9.67 Å². The number of aryl methyl sites for hydroxylation is 1. The molecular weight excluding hydrogens is 501 g/mol. The average molecular weight is 529 g/mol. The third-order valence-electron chi connectivity index (χ3n) is 4.75. The van der Waals surface area contributed by atoms with E-state index in [4.69, 9.17) is 16.3 Å². The predicted octanol–water partition coefficient (Wildman–Crippen LogP) is 4.16. The molecule has 0 aliphatic carbocycles. The van der Waals surface area contributed by atoms with Crippen molar-refractivity contribution < 1.29 is 14.3 Å². The second-order valence-electron chi connectivity index (χ2n) is 7.02. The van der Waals surface area contributed by atoms with Crippen LogP contribution in [0, 0.1) is 0 Å². The number of carbonyl (C=O) groups is 2. The number of rotatable bonds is 10. The summed E-state index contributed by atoms with van der Waals surface area (Å²) < 4.78 is 6.68. The van der Waals surface area contributed by atoms with E-state index in [0.717, 1.165) is 11.1 Å². The minimum absolute atomic E-state index is 0. The molecule has 34 heavy (non-hydrogen) atoms. The topological polar surface area (TPSA) is 98.1 Å². The van der Waals surface area contributed by atoms with Crippen LogP contribution < -0.4 is 10.6 Å². The van der Waals surface area contributed by atoms with Crippen LogP contribution in [0.2, 0.25) is 5.15 Å². The van der Waals surface area contributed by atoms with Crippen LogP contribution >= 0.6 is 36.4 Å². The third kappa shape index (κ3) is 8.29. The Kier molecular flexibility index (Phi) is 12.6. The molecule has 0 aliphatic heterocycles. The largest absolute Gasteiger partial charge is 0.465 e. The maximum absolute atomic E-state index is 13.2. The first kappa shape index (κ1) is 29.4. The van der Waals surface area contributed by atoms with Crippen molar-refractivity contribution in [3.63, 3.8) is 0 Å². The standard InChI is InChI=1S/C23H26ClN5O3.2ClH/c1-3-29-21(14-18(28-29)17-10-11-25-20(24)13-17)27-23(31)19(26-15-22(30)32-4-2)12-16-8-6-5-7-9-16;;/h5-11,13-14,19,26H,3-4,12,15H2,1-2H3,(H,27,31);2*1H/t19-;;/m0../s1. The summed E-state index contributed by atoms with van der Waals surface area (Å²) >= 11 is 6.00. The highest BCUT2D eigenvalue weighted by Crippen LogP contribution is 2.23. The lowest BCUT2D eigenvalue weighted by Gasteiger charge is -2.18. The SMILES string of the molecule is CCOC(=O)CN[C@@H](Cc1ccccc1)C(=O)Nc1cc(-c2ccnc(Cl)c2)nn1CC.Cl.Cl. The van der Waals surface area contributed by atoms with Crippen molar-refractivity contribution in [2.75, 3.05) is 18.5 Å². The fourth-order valence-electron chi connectivity index (χ4n) is 3.20. The molecule has 3 aromatic rings. The van der Waals surface area contributed by atoms with Gasteiger partial charge in [0.15, 0.2) is 0 Å². The Morgan fingerprint density at radius 2 is 1.85 bits per heavy atom. The van der Waals surface area contributed by atoms with Gasteiger partial charge in [0.25, 0.3) is 0 Å². The summed E-state index contributed by atoms with van der Waals surface area (Å²) in [6, 6.07) is 14.3. The van der Waals surface area contributed by atoms with Crippen molar-refractivity contribution in [1.82, 2.24) is 20.1 Å². The van der Waals surface area contributed by atoms with E-state index in [1.807, 2.05) is 37.3 Å². The molecule has 0 radical (unpaired) electrons. The maximum Gasteiger partial charge on any atom is 0.319 e. The van der Waals surface area contributed by atoms with E-state index in [2.05, 4.69) is 20.7 Å². The molecule has 0 unspecified atom stereocenters. The van der Waals surface area contributed by atoms with E-state index >= 15 is 0 Å². The molecule has 184 valence electrons. The molecule has 1 atom stereocenters. The first-order valence-electron chi connectivity index (χ1n) is 10.4. The summed E-state index contributed by atoms with van der Waals surface area (Å²) in [6.07, 6.45) is 2.02. The Morgan fingerprint density at radius 3 is 2.50 bits per heavy atom. The van der Waals surface area contributed by atoms with Gasteiger partial charge in [-0.3, -0.25) is 14.9 Å². The molecule has 8 nitrogen and oxygen atoms in total. The van der Waals surface area contributed by atoms with E-state index < -0.39 is 12.0 Å². The first-order chi connectivity index (χ1) is 15.5. The molecule has 11 heteroatoms. The highest BCUT2D eigenvalue weighted by molar-refractivity contribution is 6.29. The normalized spacial score (nSPS) is 11.0. The Hall–Kier alpha value is -2.65. The van der Waals surface area contributed by atoms with Crippen molar-refractivity contribution >= 4 is 54.1 Å². The minimum Gasteiger partial charge on any atom is -0.465 e. The van der Waals surface area contributed by atoms with Crippen LogP contribution in [0.3, 0.4) is 0 Å². The number of esters is 1. The Bertz CT molecular complexity index is 1060. The number of nitrogens with zero attached hydrogens (tertiary/aromatic N) is 3. The number of aromatic nitrogens is 3. The number of hydrogen-bond donors (Lipinski definition) is 2. The van der Waals surface area contributed by atoms with Crippen molar-refractivity contribution in [3.8, 4) is 11.3 Å². The lowest BCUT2D eigenvalue weighted by molar-refractivity contribution is -0.142. The molecule has 2 heterocycles. The van der Waals surface area contributed by atoms with Crippen molar-refractivity contribution in [2.24, 2.45) is 0 Å². The number of anilines is 1. The number of pyridine rings is 1. The second kappa shape index (κ2) is 14.6. The summed E-state index contributed by atoms with van der Waals surface area (Å²) in [5.41, 5.74) is 2.44. The number of benzene rings is 1. The summed E-state index contributed by atoms with van der Waals surface area (Å²) in [5.74, 6) is -0.127. The van der Waals surface area contributed by atoms with Crippen LogP contribution in [-0.4, -0.2) is 45.8 Å². The molecule has 0 saturated heterocycles. The van der Waals surface area contributed by atoms with Gasteiger partial charge >= 0.3 is 5.97 Å². The van der Waals surface area contributed by atoms with Gasteiger partial charge in [-0.15, -0.1) is 24.8 Å². The Labute approximate surface area is 216 Å². The van der Waals surface area contributed by atoms with Gasteiger partial charge < -0.3 is 10.1 Å². The number of amides is 1. The highest BCUT2D eigenvalue weighted by atomic mass is 35.5. The van der Waals surface area contributed by atoms with E-state index in [1.165, 1.54) is 0 Å². The Morgan fingerprint density at radius 1 is 1.12 bits per heavy atom. The quantitative estimate of drug-likeness (QED) is 0.303. The van der Waals surface area contributed by atoms with Gasteiger partial charge in [0.2, 0.25) is 5.91 Å². The molecule has 0 bridgehead atoms. The van der Waals surface area contributed by atoms with Crippen molar-refractivity contribution in [3.05, 3.63) is 65.4 Å². The van der Waals surface area contributed by atoms with Gasteiger partial charge in [-0.05, 0) is 38.0 Å². The fraction of sp³-hybridized carbons (Fsp3) is 0.304. The van der Waals surface area contributed by atoms with Crippen LogP contribution in [0.5, 0.6) is 0 Å². The number of hydrogen-bond acceptors (Lipinski definition) is 6. The Balaban J connectivity index is 0.00000289. The number of ether oxygens (including phenoxy) is 1. The number of carbonyl (C=O) groups excluding carboxylic acids is 2. The van der Waals surface area contributed by atoms with E-state index in [-0.39, 0.29) is 43.9 Å². The fourth-order valence-corrected chi connectivity index (χ4v) is 3.37. The minimum atomic E-state index is -0.638. The third-order valence-corrected chi connectivity index (χ3v) is 4.96. The molecule has 1 aromatic carbocycles. The summed E-state index contributed by atoms with van der Waals surface area (Å²) in [4.78, 5) is 29.0. The van der Waals surface area contributed by atoms with Gasteiger partial charge in [-0.1, -0.05) is 41.9 Å². The molecule has 0 spiro atoms. The molecule has 2 N–H and O–H groups in total. The van der Waals surface area contributed by atoms with Crippen LogP contribution in [-0.2, 0) is 27.3 Å². The smallest absolute Gasteiger partial charge is 0.319 e. The molecule has 0 fully saturated rings. The molecule has 0 aliphatic rings. The van der Waals surface area contributed by atoms with Gasteiger partial charge in [0, 0.05) is 24.4 Å². The van der Waals surface area contributed by atoms with Crippen LogP contribution in [0.25, 0.3) is 11.3 Å². The highest BCUT2D eigenvalue weighted by Gasteiger charge is 2.22. The van der Waals surface area contributed by atoms with Gasteiger partial charge in [0.1, 0.15) is 11.0 Å². The molecular formula is C23H28Cl3N5O3. The van der Waals surface area contributed by atoms with Crippen molar-refractivity contribution in [1.29, 1.82) is 0 Å². The molecule has 2 aromatic heterocycles. The first-order valence-corrected chi connectivity index (χ1v) is 10.8. The van der Waals surface area contributed by atoms with E-state index in [9.17, 15) is 9.59 Å². The van der Waals surface area contributed by atoms with Gasteiger partial charge in [-0.2, -0.15) is 5.10 Å². The monoisotopic (exact) mass is 527 g/mol. The number of halogens is 3. The average Bonchev–Trinajstić information content (AvgIpc) is 3.20. The molecule has 1 amide bonds. The maximum atomic E-state index is 13.2. The number of nitrogens with one attached hydrogen (secondary N) is 2. The molecule has 3 rings (SSSR count). The summed E-state index contributed by atoms with van der Waals surface area (Å²) in [5, 5.41) is 10.9. The van der Waals surface area contributed by atoms with Crippen LogP contribution in [0.1, 0.15) is 19.4 Å². The second-order valence-corrected chi connectivity index (χ2v) is 7.40. The summed E-state index contributed by atoms with van der Waals surface area (Å²) in [7, 11) is 0. The lowest BCUT2D eigenvalue weighted by atomic mass is 10.1. The van der Waals surface area contributed by atoms with Crippen molar-refractivity contribution in [2.45, 2.75) is 32.9 Å².